The van der Waals surface area contributed by atoms with Gasteiger partial charge < -0.3 is 9.64 Å². The Kier molecular flexibility index (Phi) is 4.32. The van der Waals surface area contributed by atoms with Gasteiger partial charge in [0.1, 0.15) is 11.9 Å². The van der Waals surface area contributed by atoms with E-state index in [4.69, 9.17) is 4.74 Å². The molecule has 5 heteroatoms. The van der Waals surface area contributed by atoms with Crippen molar-refractivity contribution in [3.8, 4) is 28.0 Å². The fourth-order valence-electron chi connectivity index (χ4n) is 5.38. The zero-order valence-corrected chi connectivity index (χ0v) is 19.5. The third-order valence-corrected chi connectivity index (χ3v) is 8.82. The summed E-state index contributed by atoms with van der Waals surface area (Å²) in [7, 11) is -3.49. The van der Waals surface area contributed by atoms with Crippen LogP contribution < -0.4 is 9.64 Å². The number of hydrogen-bond donors (Lipinski definition) is 0. The van der Waals surface area contributed by atoms with E-state index < -0.39 is 9.84 Å². The van der Waals surface area contributed by atoms with E-state index in [-0.39, 0.29) is 12.1 Å². The minimum absolute atomic E-state index is 0.00609. The van der Waals surface area contributed by atoms with Crippen LogP contribution in [0.2, 0.25) is 0 Å². The van der Waals surface area contributed by atoms with E-state index in [1.165, 1.54) is 0 Å². The molecule has 4 aromatic carbocycles. The summed E-state index contributed by atoms with van der Waals surface area (Å²) in [6.45, 7) is 0. The molecule has 7 rings (SSSR count). The summed E-state index contributed by atoms with van der Waals surface area (Å²) >= 11 is 0. The SMILES string of the molecule is O=S1(=O)c2ccccc2-c2cc(-c3ccccc3N3c4ccccc4OC4C=CC=CC43)ccc21. The number of anilines is 2. The second-order valence-corrected chi connectivity index (χ2v) is 10.8. The van der Waals surface area contributed by atoms with Crippen molar-refractivity contribution in [1.29, 1.82) is 0 Å². The van der Waals surface area contributed by atoms with Gasteiger partial charge in [0, 0.05) is 22.4 Å². The monoisotopic (exact) mass is 475 g/mol. The van der Waals surface area contributed by atoms with Crippen LogP contribution in [-0.2, 0) is 9.84 Å². The van der Waals surface area contributed by atoms with Gasteiger partial charge in [-0.3, -0.25) is 0 Å². The summed E-state index contributed by atoms with van der Waals surface area (Å²) in [6, 6.07) is 29.3. The Balaban J connectivity index is 1.43. The van der Waals surface area contributed by atoms with Gasteiger partial charge >= 0.3 is 0 Å². The lowest BCUT2D eigenvalue weighted by Crippen LogP contribution is -2.46. The van der Waals surface area contributed by atoms with Crippen molar-refractivity contribution in [1.82, 2.24) is 0 Å². The first-order valence-corrected chi connectivity index (χ1v) is 13.1. The van der Waals surface area contributed by atoms with Crippen LogP contribution in [0.5, 0.6) is 5.75 Å². The normalized spacial score (nSPS) is 20.4. The van der Waals surface area contributed by atoms with Crippen molar-refractivity contribution >= 4 is 21.2 Å². The van der Waals surface area contributed by atoms with Gasteiger partial charge in [-0.15, -0.1) is 0 Å². The largest absolute Gasteiger partial charge is 0.482 e. The third kappa shape index (κ3) is 2.95. The van der Waals surface area contributed by atoms with Gasteiger partial charge in [-0.2, -0.15) is 0 Å². The molecule has 2 aliphatic heterocycles. The highest BCUT2D eigenvalue weighted by Crippen LogP contribution is 2.48. The first kappa shape index (κ1) is 20.3. The molecule has 3 aliphatic rings. The van der Waals surface area contributed by atoms with Crippen LogP contribution in [0, 0.1) is 0 Å². The lowest BCUT2D eigenvalue weighted by atomic mass is 9.94. The van der Waals surface area contributed by atoms with Crippen molar-refractivity contribution < 1.29 is 13.2 Å². The van der Waals surface area contributed by atoms with Gasteiger partial charge in [-0.1, -0.05) is 72.8 Å². The number of benzene rings is 4. The molecule has 2 unspecified atom stereocenters. The van der Waals surface area contributed by atoms with Crippen LogP contribution in [-0.4, -0.2) is 20.6 Å². The van der Waals surface area contributed by atoms with Crippen molar-refractivity contribution in [2.75, 3.05) is 4.90 Å². The molecule has 0 radical (unpaired) electrons. The number of nitrogens with zero attached hydrogens (tertiary/aromatic N) is 1. The quantitative estimate of drug-likeness (QED) is 0.290. The van der Waals surface area contributed by atoms with E-state index in [1.807, 2.05) is 60.7 Å². The summed E-state index contributed by atoms with van der Waals surface area (Å²) in [6.07, 6.45) is 8.25. The zero-order valence-electron chi connectivity index (χ0n) is 18.7. The molecule has 0 saturated carbocycles. The Morgan fingerprint density at radius 2 is 1.34 bits per heavy atom. The molecule has 2 atom stereocenters. The van der Waals surface area contributed by atoms with E-state index in [9.17, 15) is 8.42 Å². The van der Waals surface area contributed by atoms with Crippen LogP contribution >= 0.6 is 0 Å². The molecular weight excluding hydrogens is 454 g/mol. The molecule has 0 N–H and O–H groups in total. The van der Waals surface area contributed by atoms with Gasteiger partial charge in [-0.05, 0) is 48.0 Å². The van der Waals surface area contributed by atoms with E-state index in [0.717, 1.165) is 39.4 Å². The summed E-state index contributed by atoms with van der Waals surface area (Å²) in [5, 5.41) is 0. The maximum atomic E-state index is 13.1. The smallest absolute Gasteiger partial charge is 0.207 e. The number of ether oxygens (including phenoxy) is 1. The van der Waals surface area contributed by atoms with Gasteiger partial charge in [0.05, 0.1) is 21.5 Å². The molecular formula is C30H21NO3S. The van der Waals surface area contributed by atoms with Crippen molar-refractivity contribution in [3.63, 3.8) is 0 Å². The Hall–Kier alpha value is -4.09. The molecule has 0 fully saturated rings. The van der Waals surface area contributed by atoms with E-state index in [0.29, 0.717) is 9.79 Å². The molecule has 35 heavy (non-hydrogen) atoms. The Bertz CT molecular complexity index is 1670. The topological polar surface area (TPSA) is 46.6 Å². The number of sulfone groups is 1. The highest BCUT2D eigenvalue weighted by molar-refractivity contribution is 7.92. The molecule has 170 valence electrons. The number of hydrogen-bond acceptors (Lipinski definition) is 4. The summed E-state index contributed by atoms with van der Waals surface area (Å²) in [4.78, 5) is 3.08. The standard InChI is InChI=1S/C30H21NO3S/c32-35(33)29-16-8-2-10-22(29)23-19-20(17-18-30(23)35)21-9-1-3-11-24(21)31-25-12-4-6-14-27(25)34-28-15-7-5-13-26(28)31/h1-19,25,27H. The Morgan fingerprint density at radius 3 is 2.23 bits per heavy atom. The predicted octanol–water partition coefficient (Wildman–Crippen LogP) is 6.56. The van der Waals surface area contributed by atoms with Crippen molar-refractivity contribution in [2.45, 2.75) is 21.9 Å². The fraction of sp³-hybridized carbons (Fsp3) is 0.0667. The Labute approximate surface area is 204 Å². The molecule has 4 nitrogen and oxygen atoms in total. The first-order chi connectivity index (χ1) is 17.1. The minimum Gasteiger partial charge on any atom is -0.482 e. The first-order valence-electron chi connectivity index (χ1n) is 11.6. The molecule has 0 saturated heterocycles. The van der Waals surface area contributed by atoms with Crippen molar-refractivity contribution in [2.24, 2.45) is 0 Å². The van der Waals surface area contributed by atoms with Crippen LogP contribution in [0.15, 0.2) is 125 Å². The maximum Gasteiger partial charge on any atom is 0.207 e. The van der Waals surface area contributed by atoms with E-state index in [1.54, 1.807) is 18.2 Å². The molecule has 0 bridgehead atoms. The van der Waals surface area contributed by atoms with Crippen LogP contribution in [0.3, 0.4) is 0 Å². The van der Waals surface area contributed by atoms with Gasteiger partial charge in [-0.25, -0.2) is 8.42 Å². The predicted molar refractivity (Wildman–Crippen MR) is 138 cm³/mol. The summed E-state index contributed by atoms with van der Waals surface area (Å²) in [5.41, 5.74) is 5.59. The van der Waals surface area contributed by atoms with Crippen LogP contribution in [0.1, 0.15) is 0 Å². The summed E-state index contributed by atoms with van der Waals surface area (Å²) in [5.74, 6) is 0.845. The number of allylic oxidation sites excluding steroid dienone is 2. The minimum atomic E-state index is -3.49. The lowest BCUT2D eigenvalue weighted by Gasteiger charge is -2.43. The number of rotatable bonds is 2. The lowest BCUT2D eigenvalue weighted by molar-refractivity contribution is 0.218. The summed E-state index contributed by atoms with van der Waals surface area (Å²) < 4.78 is 32.5. The second-order valence-electron chi connectivity index (χ2n) is 8.91. The second kappa shape index (κ2) is 7.45. The molecule has 4 aromatic rings. The zero-order chi connectivity index (χ0) is 23.6. The number of fused-ring (bicyclic) bond motifs is 5. The highest BCUT2D eigenvalue weighted by atomic mass is 32.2. The third-order valence-electron chi connectivity index (χ3n) is 6.95. The molecule has 2 heterocycles. The van der Waals surface area contributed by atoms with Gasteiger partial charge in [0.15, 0.2) is 0 Å². The molecule has 0 amide bonds. The molecule has 0 aromatic heterocycles. The van der Waals surface area contributed by atoms with Crippen LogP contribution in [0.25, 0.3) is 22.3 Å². The maximum absolute atomic E-state index is 13.1. The van der Waals surface area contributed by atoms with Gasteiger partial charge in [0.25, 0.3) is 0 Å². The fourth-order valence-corrected chi connectivity index (χ4v) is 7.05. The molecule has 0 spiro atoms. The highest BCUT2D eigenvalue weighted by Gasteiger charge is 2.36. The molecule has 1 aliphatic carbocycles. The van der Waals surface area contributed by atoms with Gasteiger partial charge in [0.2, 0.25) is 9.84 Å². The Morgan fingerprint density at radius 1 is 0.657 bits per heavy atom. The number of para-hydroxylation sites is 3. The average molecular weight is 476 g/mol. The van der Waals surface area contributed by atoms with E-state index in [2.05, 4.69) is 41.3 Å². The average Bonchev–Trinajstić information content (AvgIpc) is 3.13. The van der Waals surface area contributed by atoms with Crippen molar-refractivity contribution in [3.05, 3.63) is 115 Å². The van der Waals surface area contributed by atoms with Crippen LogP contribution in [0.4, 0.5) is 11.4 Å². The van der Waals surface area contributed by atoms with E-state index >= 15 is 0 Å².